The molecule has 0 radical (unpaired) electrons. The number of anilines is 1. The number of nitrogens with zero attached hydrogens (tertiary/aromatic N) is 3. The smallest absolute Gasteiger partial charge is 0.320 e. The molecule has 1 aromatic heterocycles. The van der Waals surface area contributed by atoms with Crippen LogP contribution in [0.25, 0.3) is 5.69 Å². The number of aromatic nitrogens is 2. The third-order valence-corrected chi connectivity index (χ3v) is 6.64. The molecule has 1 aliphatic heterocycles. The number of ether oxygens (including phenoxy) is 1. The van der Waals surface area contributed by atoms with Crippen molar-refractivity contribution < 1.29 is 23.4 Å². The maximum atomic E-state index is 14.0. The standard InChI is InChI=1S/C27H33F2N5O3/c1-17(35)13-24-18(2)26(34(32-24)20-7-5-4-6-8-20)31-27(36)30-25-16-33(11-12-37-3)15-21(25)19-9-10-22(28)23(29)14-19/h4-10,14,17,21,25,35H,11-13,15-16H2,1-3H3,(H2,30,31,36)/t17?,21-,25+/m0/s1. The number of methoxy groups -OCH3 is 1. The lowest BCUT2D eigenvalue weighted by atomic mass is 9.94. The highest BCUT2D eigenvalue weighted by molar-refractivity contribution is 5.90. The molecule has 3 atom stereocenters. The molecule has 2 aromatic carbocycles. The maximum Gasteiger partial charge on any atom is 0.320 e. The maximum absolute atomic E-state index is 14.0. The molecule has 1 saturated heterocycles. The first-order chi connectivity index (χ1) is 17.8. The molecule has 0 aliphatic carbocycles. The number of urea groups is 1. The molecule has 2 heterocycles. The Kier molecular flexibility index (Phi) is 8.52. The van der Waals surface area contributed by atoms with E-state index in [9.17, 15) is 18.7 Å². The Balaban J connectivity index is 1.57. The lowest BCUT2D eigenvalue weighted by Crippen LogP contribution is -2.42. The van der Waals surface area contributed by atoms with Gasteiger partial charge >= 0.3 is 6.03 Å². The van der Waals surface area contributed by atoms with E-state index < -0.39 is 23.8 Å². The number of nitrogens with one attached hydrogen (secondary N) is 2. The summed E-state index contributed by atoms with van der Waals surface area (Å²) in [4.78, 5) is 15.4. The van der Waals surface area contributed by atoms with Crippen LogP contribution >= 0.6 is 0 Å². The number of para-hydroxylation sites is 1. The molecule has 0 saturated carbocycles. The molecule has 8 nitrogen and oxygen atoms in total. The fourth-order valence-electron chi connectivity index (χ4n) is 4.74. The van der Waals surface area contributed by atoms with E-state index in [-0.39, 0.29) is 12.0 Å². The lowest BCUT2D eigenvalue weighted by molar-refractivity contribution is 0.159. The number of hydrogen-bond acceptors (Lipinski definition) is 5. The molecule has 198 valence electrons. The van der Waals surface area contributed by atoms with Gasteiger partial charge < -0.3 is 15.2 Å². The number of halogens is 2. The quantitative estimate of drug-likeness (QED) is 0.407. The van der Waals surface area contributed by atoms with Gasteiger partial charge in [0.25, 0.3) is 0 Å². The highest BCUT2D eigenvalue weighted by Crippen LogP contribution is 2.29. The van der Waals surface area contributed by atoms with Gasteiger partial charge in [0.05, 0.1) is 30.1 Å². The van der Waals surface area contributed by atoms with Crippen LogP contribution in [0.4, 0.5) is 19.4 Å². The van der Waals surface area contributed by atoms with Gasteiger partial charge in [0.2, 0.25) is 0 Å². The van der Waals surface area contributed by atoms with Crippen LogP contribution in [0, 0.1) is 18.6 Å². The van der Waals surface area contributed by atoms with E-state index in [1.165, 1.54) is 6.07 Å². The Hall–Kier alpha value is -3.34. The summed E-state index contributed by atoms with van der Waals surface area (Å²) in [7, 11) is 1.62. The zero-order valence-electron chi connectivity index (χ0n) is 21.2. The van der Waals surface area contributed by atoms with Crippen molar-refractivity contribution in [3.05, 3.63) is 77.0 Å². The van der Waals surface area contributed by atoms with Gasteiger partial charge in [-0.15, -0.1) is 0 Å². The third-order valence-electron chi connectivity index (χ3n) is 6.64. The number of carbonyl (C=O) groups excluding carboxylic acids is 1. The van der Waals surface area contributed by atoms with E-state index in [0.29, 0.717) is 49.7 Å². The summed E-state index contributed by atoms with van der Waals surface area (Å²) in [5.41, 5.74) is 2.82. The second-order valence-electron chi connectivity index (χ2n) is 9.46. The molecule has 4 rings (SSSR count). The van der Waals surface area contributed by atoms with Crippen LogP contribution in [0.3, 0.4) is 0 Å². The van der Waals surface area contributed by atoms with Gasteiger partial charge in [-0.3, -0.25) is 10.2 Å². The predicted molar refractivity (Wildman–Crippen MR) is 137 cm³/mol. The summed E-state index contributed by atoms with van der Waals surface area (Å²) in [5.74, 6) is -1.55. The van der Waals surface area contributed by atoms with Crippen molar-refractivity contribution >= 4 is 11.8 Å². The molecule has 0 bridgehead atoms. The highest BCUT2D eigenvalue weighted by atomic mass is 19.2. The SMILES string of the molecule is COCCN1C[C@@H](NC(=O)Nc2c(C)c(CC(C)O)nn2-c2ccccc2)[C@H](c2ccc(F)c(F)c2)C1. The van der Waals surface area contributed by atoms with Crippen molar-refractivity contribution in [2.24, 2.45) is 0 Å². The Morgan fingerprint density at radius 2 is 1.95 bits per heavy atom. The molecular weight excluding hydrogens is 480 g/mol. The van der Waals surface area contributed by atoms with E-state index in [4.69, 9.17) is 4.74 Å². The molecular formula is C27H33F2N5O3. The third kappa shape index (κ3) is 6.33. The van der Waals surface area contributed by atoms with E-state index >= 15 is 0 Å². The zero-order valence-corrected chi connectivity index (χ0v) is 21.2. The number of aliphatic hydroxyl groups is 1. The Labute approximate surface area is 215 Å². The number of aliphatic hydroxyl groups excluding tert-OH is 1. The zero-order chi connectivity index (χ0) is 26.5. The predicted octanol–water partition coefficient (Wildman–Crippen LogP) is 3.62. The largest absolute Gasteiger partial charge is 0.393 e. The molecule has 1 unspecified atom stereocenters. The number of likely N-dealkylation sites (tertiary alicyclic amines) is 1. The number of hydrogen-bond donors (Lipinski definition) is 3. The fraction of sp³-hybridized carbons (Fsp3) is 0.407. The van der Waals surface area contributed by atoms with Gasteiger partial charge in [-0.2, -0.15) is 5.10 Å². The normalized spacial score (nSPS) is 18.6. The van der Waals surface area contributed by atoms with Crippen LogP contribution in [-0.2, 0) is 11.2 Å². The average molecular weight is 514 g/mol. The molecule has 3 aromatic rings. The minimum atomic E-state index is -0.913. The van der Waals surface area contributed by atoms with Crippen molar-refractivity contribution in [3.63, 3.8) is 0 Å². The summed E-state index contributed by atoms with van der Waals surface area (Å²) in [6.07, 6.45) is -0.245. The molecule has 37 heavy (non-hydrogen) atoms. The van der Waals surface area contributed by atoms with Crippen LogP contribution in [0.1, 0.15) is 29.7 Å². The van der Waals surface area contributed by atoms with Crippen LogP contribution in [0.15, 0.2) is 48.5 Å². The fourth-order valence-corrected chi connectivity index (χ4v) is 4.74. The number of benzene rings is 2. The van der Waals surface area contributed by atoms with Crippen molar-refractivity contribution in [2.45, 2.75) is 38.3 Å². The molecule has 3 N–H and O–H groups in total. The average Bonchev–Trinajstić information content (AvgIpc) is 3.40. The Morgan fingerprint density at radius 1 is 1.19 bits per heavy atom. The van der Waals surface area contributed by atoms with Gasteiger partial charge in [0, 0.05) is 44.6 Å². The first-order valence-corrected chi connectivity index (χ1v) is 12.3. The van der Waals surface area contributed by atoms with Gasteiger partial charge in [-0.25, -0.2) is 18.3 Å². The van der Waals surface area contributed by atoms with Gasteiger partial charge in [-0.05, 0) is 43.7 Å². The monoisotopic (exact) mass is 513 g/mol. The van der Waals surface area contributed by atoms with Crippen molar-refractivity contribution in [1.29, 1.82) is 0 Å². The number of rotatable bonds is 9. The van der Waals surface area contributed by atoms with E-state index in [1.54, 1.807) is 24.8 Å². The topological polar surface area (TPSA) is 91.7 Å². The molecule has 1 aliphatic rings. The van der Waals surface area contributed by atoms with E-state index in [2.05, 4.69) is 20.6 Å². The Morgan fingerprint density at radius 3 is 2.62 bits per heavy atom. The summed E-state index contributed by atoms with van der Waals surface area (Å²) >= 11 is 0. The minimum absolute atomic E-state index is 0.233. The molecule has 1 fully saturated rings. The Bertz CT molecular complexity index is 1220. The second-order valence-corrected chi connectivity index (χ2v) is 9.46. The first-order valence-electron chi connectivity index (χ1n) is 12.3. The molecule has 10 heteroatoms. The summed E-state index contributed by atoms with van der Waals surface area (Å²) < 4.78 is 34.4. The second kappa shape index (κ2) is 11.8. The van der Waals surface area contributed by atoms with Crippen LogP contribution in [0.5, 0.6) is 0 Å². The van der Waals surface area contributed by atoms with E-state index in [0.717, 1.165) is 17.3 Å². The summed E-state index contributed by atoms with van der Waals surface area (Å²) in [6, 6.07) is 12.5. The first kappa shape index (κ1) is 26.7. The minimum Gasteiger partial charge on any atom is -0.393 e. The molecule has 0 spiro atoms. The van der Waals surface area contributed by atoms with Gasteiger partial charge in [-0.1, -0.05) is 24.3 Å². The summed E-state index contributed by atoms with van der Waals surface area (Å²) in [5, 5.41) is 20.5. The number of amides is 2. The van der Waals surface area contributed by atoms with Crippen molar-refractivity contribution in [3.8, 4) is 5.69 Å². The molecule has 2 amide bonds. The van der Waals surface area contributed by atoms with Crippen LogP contribution in [-0.4, -0.2) is 71.3 Å². The van der Waals surface area contributed by atoms with Crippen LogP contribution in [0.2, 0.25) is 0 Å². The van der Waals surface area contributed by atoms with Crippen molar-refractivity contribution in [1.82, 2.24) is 20.0 Å². The van der Waals surface area contributed by atoms with Gasteiger partial charge in [0.15, 0.2) is 11.6 Å². The van der Waals surface area contributed by atoms with Crippen LogP contribution < -0.4 is 10.6 Å². The van der Waals surface area contributed by atoms with Crippen molar-refractivity contribution in [2.75, 3.05) is 38.7 Å². The summed E-state index contributed by atoms with van der Waals surface area (Å²) in [6.45, 7) is 5.81. The highest BCUT2D eigenvalue weighted by Gasteiger charge is 2.35. The lowest BCUT2D eigenvalue weighted by Gasteiger charge is -2.21. The van der Waals surface area contributed by atoms with E-state index in [1.807, 2.05) is 37.3 Å². The number of carbonyl (C=O) groups is 1. The van der Waals surface area contributed by atoms with Gasteiger partial charge in [0.1, 0.15) is 5.82 Å².